The number of aliphatic carboxylic acids is 1. The Hall–Kier alpha value is -2.55. The Bertz CT molecular complexity index is 729. The minimum absolute atomic E-state index is 0.282. The minimum Gasteiger partial charge on any atom is -0.493 e. The van der Waals surface area contributed by atoms with E-state index in [1.165, 1.54) is 0 Å². The van der Waals surface area contributed by atoms with Gasteiger partial charge in [0, 0.05) is 0 Å². The lowest BCUT2D eigenvalue weighted by Gasteiger charge is -2.11. The summed E-state index contributed by atoms with van der Waals surface area (Å²) in [6, 6.07) is 13.2. The van der Waals surface area contributed by atoms with Crippen LogP contribution in [0.2, 0.25) is 0 Å². The largest absolute Gasteiger partial charge is 0.493 e. The second-order valence-corrected chi connectivity index (χ2v) is 5.55. The molecule has 0 unspecified atom stereocenters. The number of carbonyl (C=O) groups is 1. The molecule has 120 valence electrons. The Kier molecular flexibility index (Phi) is 5.58. The lowest BCUT2D eigenvalue weighted by Crippen LogP contribution is -2.02. The van der Waals surface area contributed by atoms with Crippen molar-refractivity contribution in [1.29, 1.82) is 0 Å². The summed E-state index contributed by atoms with van der Waals surface area (Å²) in [5.41, 5.74) is 3.86. The zero-order chi connectivity index (χ0) is 16.8. The van der Waals surface area contributed by atoms with Crippen molar-refractivity contribution in [2.24, 2.45) is 0 Å². The van der Waals surface area contributed by atoms with E-state index < -0.39 is 5.97 Å². The summed E-state index contributed by atoms with van der Waals surface area (Å²) in [5.74, 6) is -0.133. The maximum atomic E-state index is 11.7. The van der Waals surface area contributed by atoms with Crippen molar-refractivity contribution in [2.45, 2.75) is 27.2 Å². The Morgan fingerprint density at radius 3 is 2.48 bits per heavy atom. The quantitative estimate of drug-likeness (QED) is 0.620. The molecule has 2 aromatic carbocycles. The second-order valence-electron chi connectivity index (χ2n) is 5.55. The van der Waals surface area contributed by atoms with E-state index in [0.29, 0.717) is 12.2 Å². The fourth-order valence-corrected chi connectivity index (χ4v) is 2.36. The molecular formula is C20H22O3. The Labute approximate surface area is 137 Å². The number of aryl methyl sites for hydroxylation is 2. The van der Waals surface area contributed by atoms with Crippen molar-refractivity contribution in [3.8, 4) is 5.75 Å². The van der Waals surface area contributed by atoms with E-state index >= 15 is 0 Å². The summed E-state index contributed by atoms with van der Waals surface area (Å²) >= 11 is 0. The molecule has 0 heterocycles. The van der Waals surface area contributed by atoms with Crippen LogP contribution in [-0.4, -0.2) is 17.7 Å². The van der Waals surface area contributed by atoms with Crippen LogP contribution in [0, 0.1) is 13.8 Å². The van der Waals surface area contributed by atoms with E-state index in [1.54, 1.807) is 12.1 Å². The molecule has 0 saturated heterocycles. The predicted molar refractivity (Wildman–Crippen MR) is 93.7 cm³/mol. The highest BCUT2D eigenvalue weighted by Crippen LogP contribution is 2.26. The highest BCUT2D eigenvalue weighted by atomic mass is 16.5. The van der Waals surface area contributed by atoms with Crippen LogP contribution in [0.5, 0.6) is 5.75 Å². The van der Waals surface area contributed by atoms with Crippen LogP contribution >= 0.6 is 0 Å². The maximum absolute atomic E-state index is 11.7. The van der Waals surface area contributed by atoms with E-state index in [4.69, 9.17) is 4.74 Å². The van der Waals surface area contributed by atoms with Gasteiger partial charge in [0.15, 0.2) is 0 Å². The van der Waals surface area contributed by atoms with Crippen molar-refractivity contribution in [3.05, 3.63) is 64.7 Å². The lowest BCUT2D eigenvalue weighted by atomic mass is 9.99. The first-order valence-electron chi connectivity index (χ1n) is 7.77. The smallest absolute Gasteiger partial charge is 0.336 e. The maximum Gasteiger partial charge on any atom is 0.336 e. The first-order chi connectivity index (χ1) is 11.0. The zero-order valence-corrected chi connectivity index (χ0v) is 13.8. The fraction of sp³-hybridized carbons (Fsp3) is 0.250. The average Bonchev–Trinajstić information content (AvgIpc) is 2.52. The average molecular weight is 310 g/mol. The molecule has 0 aliphatic carbocycles. The Morgan fingerprint density at radius 2 is 1.87 bits per heavy atom. The van der Waals surface area contributed by atoms with E-state index in [9.17, 15) is 9.90 Å². The molecule has 0 aliphatic rings. The van der Waals surface area contributed by atoms with Gasteiger partial charge in [-0.15, -0.1) is 0 Å². The van der Waals surface area contributed by atoms with Crippen LogP contribution in [0.1, 0.15) is 35.6 Å². The van der Waals surface area contributed by atoms with E-state index in [0.717, 1.165) is 28.9 Å². The molecule has 0 atom stereocenters. The van der Waals surface area contributed by atoms with Crippen molar-refractivity contribution in [3.63, 3.8) is 0 Å². The van der Waals surface area contributed by atoms with Gasteiger partial charge in [-0.2, -0.15) is 0 Å². The number of benzene rings is 2. The third kappa shape index (κ3) is 4.22. The van der Waals surface area contributed by atoms with Crippen molar-refractivity contribution in [2.75, 3.05) is 6.61 Å². The number of ether oxygens (including phenoxy) is 1. The molecule has 0 fully saturated rings. The van der Waals surface area contributed by atoms with Crippen molar-refractivity contribution < 1.29 is 14.6 Å². The van der Waals surface area contributed by atoms with Crippen molar-refractivity contribution >= 4 is 17.6 Å². The normalized spacial score (nSPS) is 11.3. The fourth-order valence-electron chi connectivity index (χ4n) is 2.36. The highest BCUT2D eigenvalue weighted by molar-refractivity contribution is 6.20. The van der Waals surface area contributed by atoms with Crippen LogP contribution in [-0.2, 0) is 4.79 Å². The molecule has 1 N–H and O–H groups in total. The molecule has 0 spiro atoms. The predicted octanol–water partition coefficient (Wildman–Crippen LogP) is 4.72. The van der Waals surface area contributed by atoms with Gasteiger partial charge in [0.05, 0.1) is 12.2 Å². The highest BCUT2D eigenvalue weighted by Gasteiger charge is 2.13. The zero-order valence-electron chi connectivity index (χ0n) is 13.8. The molecule has 3 heteroatoms. The molecule has 0 aromatic heterocycles. The van der Waals surface area contributed by atoms with Crippen LogP contribution in [0.15, 0.2) is 42.5 Å². The van der Waals surface area contributed by atoms with Gasteiger partial charge in [-0.05, 0) is 60.7 Å². The van der Waals surface area contributed by atoms with Crippen LogP contribution in [0.25, 0.3) is 11.6 Å². The number of hydrogen-bond acceptors (Lipinski definition) is 2. The molecule has 3 nitrogen and oxygen atoms in total. The first kappa shape index (κ1) is 16.8. The summed E-state index contributed by atoms with van der Waals surface area (Å²) in [4.78, 5) is 11.7. The van der Waals surface area contributed by atoms with Gasteiger partial charge in [0.1, 0.15) is 5.75 Å². The molecular weight excluding hydrogens is 288 g/mol. The van der Waals surface area contributed by atoms with Gasteiger partial charge < -0.3 is 9.84 Å². The van der Waals surface area contributed by atoms with Crippen LogP contribution in [0.4, 0.5) is 0 Å². The molecule has 23 heavy (non-hydrogen) atoms. The third-order valence-corrected chi connectivity index (χ3v) is 3.67. The minimum atomic E-state index is -0.935. The van der Waals surface area contributed by atoms with E-state index in [1.807, 2.05) is 50.2 Å². The molecule has 0 radical (unpaired) electrons. The summed E-state index contributed by atoms with van der Waals surface area (Å²) < 4.78 is 5.65. The van der Waals surface area contributed by atoms with Gasteiger partial charge in [0.2, 0.25) is 0 Å². The number of rotatable bonds is 6. The second kappa shape index (κ2) is 7.63. The summed E-state index contributed by atoms with van der Waals surface area (Å²) in [6.45, 7) is 6.61. The molecule has 2 rings (SSSR count). The van der Waals surface area contributed by atoms with E-state index in [2.05, 4.69) is 6.92 Å². The summed E-state index contributed by atoms with van der Waals surface area (Å²) in [5, 5.41) is 9.58. The van der Waals surface area contributed by atoms with Gasteiger partial charge in [-0.1, -0.05) is 37.3 Å². The third-order valence-electron chi connectivity index (χ3n) is 3.67. The number of hydrogen-bond donors (Lipinski definition) is 1. The Balaban J connectivity index is 2.41. The van der Waals surface area contributed by atoms with Crippen LogP contribution in [0.3, 0.4) is 0 Å². The first-order valence-corrected chi connectivity index (χ1v) is 7.77. The summed E-state index contributed by atoms with van der Waals surface area (Å²) in [7, 11) is 0. The topological polar surface area (TPSA) is 46.5 Å². The van der Waals surface area contributed by atoms with Gasteiger partial charge >= 0.3 is 5.97 Å². The lowest BCUT2D eigenvalue weighted by molar-refractivity contribution is -0.130. The monoisotopic (exact) mass is 310 g/mol. The van der Waals surface area contributed by atoms with E-state index in [-0.39, 0.29) is 5.57 Å². The molecule has 0 amide bonds. The standard InChI is InChI=1S/C20H22O3/c1-4-11-23-19-10-9-17(12-15(19)3)18(20(21)22)13-16-8-6-5-7-14(16)2/h5-10,12-13H,4,11H2,1-3H3,(H,21,22)/b18-13-. The molecule has 0 saturated carbocycles. The van der Waals surface area contributed by atoms with Gasteiger partial charge in [0.25, 0.3) is 0 Å². The SMILES string of the molecule is CCCOc1ccc(/C(=C/c2ccccc2C)C(=O)O)cc1C. The van der Waals surface area contributed by atoms with Gasteiger partial charge in [-0.25, -0.2) is 4.79 Å². The molecule has 0 aliphatic heterocycles. The molecule has 2 aromatic rings. The number of carboxylic acid groups (broad SMARTS) is 1. The van der Waals surface area contributed by atoms with Crippen LogP contribution < -0.4 is 4.74 Å². The Morgan fingerprint density at radius 1 is 1.13 bits per heavy atom. The van der Waals surface area contributed by atoms with Crippen molar-refractivity contribution in [1.82, 2.24) is 0 Å². The van der Waals surface area contributed by atoms with Gasteiger partial charge in [-0.3, -0.25) is 0 Å². The summed E-state index contributed by atoms with van der Waals surface area (Å²) in [6.07, 6.45) is 2.66. The number of carboxylic acids is 1. The molecule has 0 bridgehead atoms.